The lowest BCUT2D eigenvalue weighted by molar-refractivity contribution is -0.265. The number of aliphatic hydroxyl groups excluding tert-OH is 3. The van der Waals surface area contributed by atoms with Gasteiger partial charge in [-0.25, -0.2) is 4.79 Å². The highest BCUT2D eigenvalue weighted by atomic mass is 16.6. The number of nitrogens with two attached hydrogens (primary N) is 1. The number of ketones is 1. The van der Waals surface area contributed by atoms with E-state index in [9.17, 15) is 34.8 Å². The summed E-state index contributed by atoms with van der Waals surface area (Å²) in [4.78, 5) is 50.1. The normalized spacial score (nSPS) is 28.2. The first-order chi connectivity index (χ1) is 34.2. The SMILES string of the molecule is C=C/C=C/C=C(\C)[C@H](C[C@@H]1CC[C@@H](C)[C@](O)(C(=O)C(=O)N2CCCC[C@H]2C(=O)O[C@@H](C[C@@H](O)[C@H](C)/C=C(\C)[C@@H](O)[C@@H](OC)/C(=N/OCCCCN)[C@H](C)CC(C)C)[C@H](C)C[C@@H]2CC[C@@H](O)[C@H](OC)C2)O1)OC. The zero-order chi connectivity index (χ0) is 53.7. The van der Waals surface area contributed by atoms with Crippen LogP contribution in [0.25, 0.3) is 0 Å². The van der Waals surface area contributed by atoms with E-state index in [2.05, 4.69) is 25.6 Å². The molecule has 15 atom stereocenters. The second-order valence-electron chi connectivity index (χ2n) is 21.5. The number of ether oxygens (including phenoxy) is 5. The highest BCUT2D eigenvalue weighted by Gasteiger charge is 2.53. The summed E-state index contributed by atoms with van der Waals surface area (Å²) in [5, 5.41) is 50.7. The molecule has 72 heavy (non-hydrogen) atoms. The van der Waals surface area contributed by atoms with Crippen molar-refractivity contribution in [1.82, 2.24) is 4.90 Å². The van der Waals surface area contributed by atoms with E-state index in [1.54, 1.807) is 46.3 Å². The number of methoxy groups -OCH3 is 3. The smallest absolute Gasteiger partial charge is 0.329 e. The van der Waals surface area contributed by atoms with Gasteiger partial charge >= 0.3 is 5.97 Å². The lowest BCUT2D eigenvalue weighted by atomic mass is 9.78. The summed E-state index contributed by atoms with van der Waals surface area (Å²) in [5.41, 5.74) is 7.72. The number of Topliss-reactive ketones (excluding diaryl/α,β-unsaturated/α-hetero) is 1. The number of piperidine rings is 1. The molecule has 0 radical (unpaired) electrons. The summed E-state index contributed by atoms with van der Waals surface area (Å²) < 4.78 is 29.8. The largest absolute Gasteiger partial charge is 0.460 e. The third-order valence-corrected chi connectivity index (χ3v) is 15.2. The number of likely N-dealkylation sites (tertiary alicyclic amines) is 1. The van der Waals surface area contributed by atoms with Crippen LogP contribution in [0.5, 0.6) is 0 Å². The molecular formula is C56H95N3O13. The Balaban J connectivity index is 1.89. The van der Waals surface area contributed by atoms with Crippen LogP contribution in [0.3, 0.4) is 0 Å². The minimum absolute atomic E-state index is 0.0350. The van der Waals surface area contributed by atoms with Crippen molar-refractivity contribution in [2.75, 3.05) is 41.0 Å². The number of oxime groups is 1. The van der Waals surface area contributed by atoms with Crippen LogP contribution in [0.15, 0.2) is 53.3 Å². The third-order valence-electron chi connectivity index (χ3n) is 15.2. The number of aliphatic hydroxyl groups is 4. The molecule has 1 amide bonds. The van der Waals surface area contributed by atoms with Crippen LogP contribution in [0.2, 0.25) is 0 Å². The zero-order valence-electron chi connectivity index (χ0n) is 45.7. The Kier molecular flexibility index (Phi) is 27.6. The number of amides is 1. The molecule has 1 saturated carbocycles. The fourth-order valence-electron chi connectivity index (χ4n) is 10.7. The van der Waals surface area contributed by atoms with Gasteiger partial charge in [-0.2, -0.15) is 0 Å². The van der Waals surface area contributed by atoms with Gasteiger partial charge in [-0.3, -0.25) is 9.59 Å². The summed E-state index contributed by atoms with van der Waals surface area (Å²) in [5.74, 6) is -6.31. The van der Waals surface area contributed by atoms with Crippen LogP contribution in [0.4, 0.5) is 0 Å². The number of carbonyl (C=O) groups is 3. The van der Waals surface area contributed by atoms with E-state index in [0.717, 1.165) is 31.3 Å². The zero-order valence-corrected chi connectivity index (χ0v) is 45.7. The Labute approximate surface area is 431 Å². The van der Waals surface area contributed by atoms with Crippen LogP contribution in [0.1, 0.15) is 145 Å². The van der Waals surface area contributed by atoms with Crippen molar-refractivity contribution >= 4 is 23.4 Å². The van der Waals surface area contributed by atoms with Gasteiger partial charge in [0.2, 0.25) is 5.79 Å². The van der Waals surface area contributed by atoms with E-state index < -0.39 is 77.9 Å². The predicted molar refractivity (Wildman–Crippen MR) is 280 cm³/mol. The van der Waals surface area contributed by atoms with Crippen molar-refractivity contribution in [1.29, 1.82) is 0 Å². The van der Waals surface area contributed by atoms with E-state index in [-0.39, 0.29) is 49.3 Å². The molecular weight excluding hydrogens is 923 g/mol. The van der Waals surface area contributed by atoms with Crippen molar-refractivity contribution in [2.24, 2.45) is 46.4 Å². The van der Waals surface area contributed by atoms with Gasteiger partial charge in [-0.1, -0.05) is 83.7 Å². The van der Waals surface area contributed by atoms with E-state index >= 15 is 0 Å². The Morgan fingerprint density at radius 1 is 0.931 bits per heavy atom. The Morgan fingerprint density at radius 2 is 1.65 bits per heavy atom. The van der Waals surface area contributed by atoms with Gasteiger partial charge in [0, 0.05) is 58.5 Å². The topological polar surface area (TPSA) is 229 Å². The van der Waals surface area contributed by atoms with Gasteiger partial charge < -0.3 is 59.6 Å². The molecule has 2 heterocycles. The fraction of sp³-hybridized carbons (Fsp3) is 0.786. The molecule has 1 aliphatic carbocycles. The van der Waals surface area contributed by atoms with Gasteiger partial charge in [0.15, 0.2) is 0 Å². The first-order valence-corrected chi connectivity index (χ1v) is 26.8. The van der Waals surface area contributed by atoms with Crippen LogP contribution in [0, 0.1) is 35.5 Å². The maximum Gasteiger partial charge on any atom is 0.329 e. The Morgan fingerprint density at radius 3 is 2.29 bits per heavy atom. The van der Waals surface area contributed by atoms with Gasteiger partial charge in [0.05, 0.1) is 36.2 Å². The van der Waals surface area contributed by atoms with Gasteiger partial charge in [0.1, 0.15) is 31.0 Å². The highest BCUT2D eigenvalue weighted by molar-refractivity contribution is 6.39. The van der Waals surface area contributed by atoms with Crippen LogP contribution < -0.4 is 5.73 Å². The second-order valence-corrected chi connectivity index (χ2v) is 21.5. The molecule has 2 saturated heterocycles. The van der Waals surface area contributed by atoms with Crippen molar-refractivity contribution < 1.29 is 63.3 Å². The molecule has 16 heteroatoms. The number of unbranched alkanes of at least 4 members (excludes halogenated alkanes) is 1. The summed E-state index contributed by atoms with van der Waals surface area (Å²) in [7, 11) is 4.69. The van der Waals surface area contributed by atoms with Crippen LogP contribution in [-0.4, -0.2) is 150 Å². The van der Waals surface area contributed by atoms with Crippen molar-refractivity contribution in [3.05, 3.63) is 48.1 Å². The maximum absolute atomic E-state index is 14.5. The molecule has 0 aromatic heterocycles. The molecule has 0 bridgehead atoms. The number of carbonyl (C=O) groups excluding carboxylic acids is 3. The average Bonchev–Trinajstić information content (AvgIpc) is 3.35. The molecule has 0 aromatic carbocycles. The molecule has 3 fully saturated rings. The van der Waals surface area contributed by atoms with E-state index in [1.807, 2.05) is 39.8 Å². The van der Waals surface area contributed by atoms with Gasteiger partial charge in [0.25, 0.3) is 11.7 Å². The molecule has 16 nitrogen and oxygen atoms in total. The minimum atomic E-state index is -2.42. The third kappa shape index (κ3) is 18.5. The number of esters is 1. The summed E-state index contributed by atoms with van der Waals surface area (Å²) in [6, 6.07) is -1.11. The first kappa shape index (κ1) is 63.0. The van der Waals surface area contributed by atoms with E-state index in [4.69, 9.17) is 34.3 Å². The molecule has 0 aromatic rings. The van der Waals surface area contributed by atoms with Crippen LogP contribution >= 0.6 is 0 Å². The average molecular weight is 1020 g/mol. The number of rotatable bonds is 30. The van der Waals surface area contributed by atoms with Crippen molar-refractivity contribution in [3.63, 3.8) is 0 Å². The molecule has 0 spiro atoms. The van der Waals surface area contributed by atoms with E-state index in [0.29, 0.717) is 81.7 Å². The Bertz CT molecular complexity index is 1800. The molecule has 2 aliphatic heterocycles. The summed E-state index contributed by atoms with van der Waals surface area (Å²) in [6.45, 7) is 20.2. The lowest BCUT2D eigenvalue weighted by Crippen LogP contribution is -2.61. The molecule has 0 unspecified atom stereocenters. The fourth-order valence-corrected chi connectivity index (χ4v) is 10.7. The highest BCUT2D eigenvalue weighted by Crippen LogP contribution is 2.38. The first-order valence-electron chi connectivity index (χ1n) is 26.8. The monoisotopic (exact) mass is 1020 g/mol. The molecule has 3 rings (SSSR count). The second kappa shape index (κ2) is 31.5. The minimum Gasteiger partial charge on any atom is -0.460 e. The summed E-state index contributed by atoms with van der Waals surface area (Å²) >= 11 is 0. The lowest BCUT2D eigenvalue weighted by Gasteiger charge is -2.43. The Hall–Kier alpha value is -3.32. The number of allylic oxidation sites excluding steroid dienone is 4. The van der Waals surface area contributed by atoms with Crippen molar-refractivity contribution in [3.8, 4) is 0 Å². The van der Waals surface area contributed by atoms with Crippen LogP contribution in [-0.2, 0) is 42.9 Å². The number of nitrogens with zero attached hydrogens (tertiary/aromatic N) is 2. The predicted octanol–water partition coefficient (Wildman–Crippen LogP) is 7.15. The molecule has 6 N–H and O–H groups in total. The summed E-state index contributed by atoms with van der Waals surface area (Å²) in [6.07, 6.45) is 11.0. The number of hydrogen-bond acceptors (Lipinski definition) is 15. The van der Waals surface area contributed by atoms with Crippen molar-refractivity contribution in [2.45, 2.75) is 206 Å². The van der Waals surface area contributed by atoms with Gasteiger partial charge in [-0.15, -0.1) is 0 Å². The maximum atomic E-state index is 14.5. The molecule has 3 aliphatic rings. The quantitative estimate of drug-likeness (QED) is 0.00916. The van der Waals surface area contributed by atoms with Gasteiger partial charge in [-0.05, 0) is 126 Å². The van der Waals surface area contributed by atoms with E-state index in [1.165, 1.54) is 12.0 Å². The molecule has 412 valence electrons. The number of hydrogen-bond donors (Lipinski definition) is 5. The standard InChI is InChI=1S/C56H95N3O13/c1-13-14-15-20-36(4)47(67-10)33-43-24-22-41(9)56(66,72-43)53(63)54(64)59-27-18-16-21-44(59)55(65)71-48(38(6)31-42-23-25-45(60)49(32-42)68-11)34-46(61)37(5)30-40(8)51(62)52(69-12)50(39(7)29-35(2)3)58-70-28-19-17-26-57/h13-15,20,30,35,37-39,41-49,51-52,60-62,66H,1,16-19,21-29,31-34,57H2,2-12H3/b15-14+,36-20+,40-30+,58-50+/t37-,38-,39-,41-,42+,43+,44+,45-,46-,47+,48+,49-,51-,52+,56-/m1/s1.